The standard InChI is InChI=1S/C23H27N3OS/c1-15-6-7-19(16(2)13-15)17(3)25-23(27)18-5-4-11-26(14-18)22-20-9-12-28-21(20)8-10-24-22/h6-10,12-13,17-18H,4-5,11,14H2,1-3H3,(H,25,27). The van der Waals surface area contributed by atoms with Crippen LogP contribution < -0.4 is 10.2 Å². The predicted molar refractivity (Wildman–Crippen MR) is 117 cm³/mol. The summed E-state index contributed by atoms with van der Waals surface area (Å²) < 4.78 is 1.25. The van der Waals surface area contributed by atoms with E-state index in [2.05, 4.69) is 71.7 Å². The maximum absolute atomic E-state index is 13.0. The number of hydrogen-bond donors (Lipinski definition) is 1. The molecule has 0 radical (unpaired) electrons. The van der Waals surface area contributed by atoms with Crippen molar-refractivity contribution in [2.24, 2.45) is 5.92 Å². The van der Waals surface area contributed by atoms with Gasteiger partial charge in [-0.25, -0.2) is 4.98 Å². The van der Waals surface area contributed by atoms with Crippen LogP contribution in [-0.2, 0) is 4.79 Å². The van der Waals surface area contributed by atoms with Gasteiger partial charge in [-0.05, 0) is 62.3 Å². The summed E-state index contributed by atoms with van der Waals surface area (Å²) >= 11 is 1.73. The van der Waals surface area contributed by atoms with Crippen LogP contribution in [0.5, 0.6) is 0 Å². The van der Waals surface area contributed by atoms with Gasteiger partial charge in [0.25, 0.3) is 0 Å². The maximum Gasteiger partial charge on any atom is 0.225 e. The van der Waals surface area contributed by atoms with E-state index in [0.717, 1.165) is 31.7 Å². The third-order valence-corrected chi connectivity index (χ3v) is 6.58. The SMILES string of the molecule is Cc1ccc(C(C)NC(=O)C2CCCN(c3nccc4sccc34)C2)c(C)c1. The molecule has 4 rings (SSSR count). The van der Waals surface area contributed by atoms with E-state index >= 15 is 0 Å². The van der Waals surface area contributed by atoms with Gasteiger partial charge < -0.3 is 10.2 Å². The lowest BCUT2D eigenvalue weighted by Gasteiger charge is -2.34. The Hall–Kier alpha value is -2.40. The lowest BCUT2D eigenvalue weighted by atomic mass is 9.95. The molecular formula is C23H27N3OS. The van der Waals surface area contributed by atoms with Crippen molar-refractivity contribution >= 4 is 33.1 Å². The van der Waals surface area contributed by atoms with Gasteiger partial charge in [-0.3, -0.25) is 4.79 Å². The first kappa shape index (κ1) is 18.9. The van der Waals surface area contributed by atoms with Crippen molar-refractivity contribution in [1.82, 2.24) is 10.3 Å². The Bertz CT molecular complexity index is 996. The molecule has 2 atom stereocenters. The number of hydrogen-bond acceptors (Lipinski definition) is 4. The first-order chi connectivity index (χ1) is 13.5. The van der Waals surface area contributed by atoms with Crippen molar-refractivity contribution in [3.8, 4) is 0 Å². The van der Waals surface area contributed by atoms with Gasteiger partial charge in [0.2, 0.25) is 5.91 Å². The van der Waals surface area contributed by atoms with Crippen LogP contribution in [0.2, 0.25) is 0 Å². The number of carbonyl (C=O) groups excluding carboxylic acids is 1. The number of nitrogens with one attached hydrogen (secondary N) is 1. The number of aromatic nitrogens is 1. The van der Waals surface area contributed by atoms with Gasteiger partial charge in [-0.15, -0.1) is 11.3 Å². The molecule has 0 spiro atoms. The molecule has 0 saturated carbocycles. The minimum atomic E-state index is -0.00218. The van der Waals surface area contributed by atoms with Gasteiger partial charge in [0, 0.05) is 29.4 Å². The Balaban J connectivity index is 1.47. The highest BCUT2D eigenvalue weighted by Crippen LogP contribution is 2.31. The number of amides is 1. The Labute approximate surface area is 170 Å². The van der Waals surface area contributed by atoms with E-state index in [9.17, 15) is 4.79 Å². The second-order valence-electron chi connectivity index (χ2n) is 7.84. The number of piperidine rings is 1. The van der Waals surface area contributed by atoms with Crippen LogP contribution in [0.15, 0.2) is 41.9 Å². The average molecular weight is 394 g/mol. The quantitative estimate of drug-likeness (QED) is 0.678. The van der Waals surface area contributed by atoms with Gasteiger partial charge in [-0.1, -0.05) is 23.8 Å². The lowest BCUT2D eigenvalue weighted by Crippen LogP contribution is -2.44. The maximum atomic E-state index is 13.0. The van der Waals surface area contributed by atoms with E-state index in [4.69, 9.17) is 0 Å². The predicted octanol–water partition coefficient (Wildman–Crippen LogP) is 5.01. The second kappa shape index (κ2) is 7.92. The molecule has 3 aromatic rings. The molecule has 0 bridgehead atoms. The zero-order valence-electron chi connectivity index (χ0n) is 16.7. The summed E-state index contributed by atoms with van der Waals surface area (Å²) in [5.41, 5.74) is 3.67. The molecule has 1 fully saturated rings. The van der Waals surface area contributed by atoms with E-state index in [1.807, 2.05) is 6.20 Å². The molecule has 1 aliphatic heterocycles. The third-order valence-electron chi connectivity index (χ3n) is 5.70. The molecule has 1 saturated heterocycles. The summed E-state index contributed by atoms with van der Waals surface area (Å²) in [6.45, 7) is 7.97. The number of nitrogens with zero attached hydrogens (tertiary/aromatic N) is 2. The molecule has 28 heavy (non-hydrogen) atoms. The van der Waals surface area contributed by atoms with Crippen LogP contribution in [0.25, 0.3) is 10.1 Å². The minimum Gasteiger partial charge on any atom is -0.355 e. The van der Waals surface area contributed by atoms with Crippen LogP contribution in [0.4, 0.5) is 5.82 Å². The van der Waals surface area contributed by atoms with Gasteiger partial charge in [0.05, 0.1) is 12.0 Å². The Morgan fingerprint density at radius 1 is 1.29 bits per heavy atom. The summed E-state index contributed by atoms with van der Waals surface area (Å²) in [4.78, 5) is 19.9. The number of pyridine rings is 1. The molecule has 3 heterocycles. The monoisotopic (exact) mass is 393 g/mol. The zero-order chi connectivity index (χ0) is 19.7. The molecule has 2 aromatic heterocycles. The van der Waals surface area contributed by atoms with Crippen LogP contribution >= 0.6 is 11.3 Å². The van der Waals surface area contributed by atoms with E-state index in [-0.39, 0.29) is 17.9 Å². The van der Waals surface area contributed by atoms with E-state index in [1.54, 1.807) is 11.3 Å². The highest BCUT2D eigenvalue weighted by Gasteiger charge is 2.28. The molecule has 2 unspecified atom stereocenters. The van der Waals surface area contributed by atoms with Crippen LogP contribution in [-0.4, -0.2) is 24.0 Å². The average Bonchev–Trinajstić information content (AvgIpc) is 3.16. The zero-order valence-corrected chi connectivity index (χ0v) is 17.6. The number of thiophene rings is 1. The first-order valence-corrected chi connectivity index (χ1v) is 10.9. The molecule has 0 aliphatic carbocycles. The van der Waals surface area contributed by atoms with E-state index in [1.165, 1.54) is 26.8 Å². The fraction of sp³-hybridized carbons (Fsp3) is 0.391. The highest BCUT2D eigenvalue weighted by atomic mass is 32.1. The first-order valence-electron chi connectivity index (χ1n) is 9.97. The summed E-state index contributed by atoms with van der Waals surface area (Å²) in [6.07, 6.45) is 3.82. The summed E-state index contributed by atoms with van der Waals surface area (Å²) in [5.74, 6) is 1.16. The van der Waals surface area contributed by atoms with Crippen molar-refractivity contribution in [3.63, 3.8) is 0 Å². The fourth-order valence-electron chi connectivity index (χ4n) is 4.24. The van der Waals surface area contributed by atoms with Gasteiger partial charge in [0.1, 0.15) is 5.82 Å². The summed E-state index contributed by atoms with van der Waals surface area (Å²) in [5, 5.41) is 6.54. The van der Waals surface area contributed by atoms with Crippen molar-refractivity contribution in [2.45, 2.75) is 39.7 Å². The molecule has 4 nitrogen and oxygen atoms in total. The summed E-state index contributed by atoms with van der Waals surface area (Å²) in [6, 6.07) is 10.6. The van der Waals surface area contributed by atoms with Gasteiger partial charge >= 0.3 is 0 Å². The topological polar surface area (TPSA) is 45.2 Å². The summed E-state index contributed by atoms with van der Waals surface area (Å²) in [7, 11) is 0. The van der Waals surface area contributed by atoms with Gasteiger partial charge in [0.15, 0.2) is 0 Å². The largest absolute Gasteiger partial charge is 0.355 e. The smallest absolute Gasteiger partial charge is 0.225 e. The molecule has 1 N–H and O–H groups in total. The molecule has 5 heteroatoms. The van der Waals surface area contributed by atoms with Gasteiger partial charge in [-0.2, -0.15) is 0 Å². The Kier molecular flexibility index (Phi) is 5.36. The van der Waals surface area contributed by atoms with Crippen molar-refractivity contribution in [1.29, 1.82) is 0 Å². The molecule has 1 aromatic carbocycles. The fourth-order valence-corrected chi connectivity index (χ4v) is 5.01. The van der Waals surface area contributed by atoms with Crippen LogP contribution in [0, 0.1) is 19.8 Å². The number of rotatable bonds is 4. The van der Waals surface area contributed by atoms with Crippen molar-refractivity contribution < 1.29 is 4.79 Å². The van der Waals surface area contributed by atoms with Crippen LogP contribution in [0.1, 0.15) is 42.5 Å². The normalized spacial score (nSPS) is 18.2. The number of carbonyl (C=O) groups is 1. The molecular weight excluding hydrogens is 366 g/mol. The van der Waals surface area contributed by atoms with Crippen LogP contribution in [0.3, 0.4) is 0 Å². The second-order valence-corrected chi connectivity index (χ2v) is 8.79. The number of aryl methyl sites for hydroxylation is 2. The van der Waals surface area contributed by atoms with Crippen molar-refractivity contribution in [3.05, 3.63) is 58.6 Å². The van der Waals surface area contributed by atoms with Crippen molar-refractivity contribution in [2.75, 3.05) is 18.0 Å². The lowest BCUT2D eigenvalue weighted by molar-refractivity contribution is -0.125. The third kappa shape index (κ3) is 3.76. The number of fused-ring (bicyclic) bond motifs is 1. The molecule has 1 aliphatic rings. The van der Waals surface area contributed by atoms with E-state index < -0.39 is 0 Å². The molecule has 146 valence electrons. The number of benzene rings is 1. The Morgan fingerprint density at radius 2 is 2.14 bits per heavy atom. The Morgan fingerprint density at radius 3 is 2.96 bits per heavy atom. The minimum absolute atomic E-state index is 0.00218. The van der Waals surface area contributed by atoms with E-state index in [0.29, 0.717) is 0 Å². The molecule has 1 amide bonds. The number of anilines is 1. The highest BCUT2D eigenvalue weighted by molar-refractivity contribution is 7.17.